The summed E-state index contributed by atoms with van der Waals surface area (Å²) < 4.78 is 5.45. The number of hydrogen-bond donors (Lipinski definition) is 0. The molecule has 0 N–H and O–H groups in total. The molecule has 0 aliphatic heterocycles. The predicted molar refractivity (Wildman–Crippen MR) is 92.2 cm³/mol. The molecule has 0 fully saturated rings. The largest absolute Gasteiger partial charge is 0.467 e. The third-order valence-corrected chi connectivity index (χ3v) is 4.25. The third-order valence-electron chi connectivity index (χ3n) is 3.41. The number of amides is 1. The third kappa shape index (κ3) is 3.57. The molecule has 23 heavy (non-hydrogen) atoms. The van der Waals surface area contributed by atoms with E-state index in [2.05, 4.69) is 4.98 Å². The van der Waals surface area contributed by atoms with Gasteiger partial charge in [0.05, 0.1) is 12.3 Å². The minimum atomic E-state index is -0.250. The monoisotopic (exact) mass is 324 g/mol. The minimum Gasteiger partial charge on any atom is -0.467 e. The van der Waals surface area contributed by atoms with Crippen LogP contribution in [0.3, 0.4) is 0 Å². The molecule has 0 aliphatic rings. The number of rotatable bonds is 5. The number of nitrogens with zero attached hydrogens (tertiary/aromatic N) is 2. The highest BCUT2D eigenvalue weighted by atomic mass is 32.1. The zero-order valence-corrected chi connectivity index (χ0v) is 13.4. The van der Waals surface area contributed by atoms with Crippen molar-refractivity contribution in [1.82, 2.24) is 4.98 Å². The number of carbonyl (C=O) groups is 1. The Labute approximate surface area is 138 Å². The van der Waals surface area contributed by atoms with E-state index >= 15 is 0 Å². The van der Waals surface area contributed by atoms with E-state index in [1.165, 1.54) is 0 Å². The topological polar surface area (TPSA) is 46.3 Å². The molecule has 3 rings (SSSR count). The van der Waals surface area contributed by atoms with Gasteiger partial charge in [0.2, 0.25) is 0 Å². The van der Waals surface area contributed by atoms with Crippen molar-refractivity contribution in [3.05, 3.63) is 77.0 Å². The molecule has 3 aromatic rings. The van der Waals surface area contributed by atoms with Crippen LogP contribution in [0.25, 0.3) is 6.08 Å². The van der Waals surface area contributed by atoms with Gasteiger partial charge in [-0.3, -0.25) is 9.69 Å². The van der Waals surface area contributed by atoms with Crippen molar-refractivity contribution in [2.24, 2.45) is 0 Å². The Bertz CT molecular complexity index is 765. The Kier molecular flexibility index (Phi) is 4.68. The molecule has 1 atom stereocenters. The maximum absolute atomic E-state index is 12.7. The van der Waals surface area contributed by atoms with Gasteiger partial charge in [-0.1, -0.05) is 12.1 Å². The second-order valence-corrected chi connectivity index (χ2v) is 5.92. The zero-order valence-electron chi connectivity index (χ0n) is 12.6. The van der Waals surface area contributed by atoms with Gasteiger partial charge >= 0.3 is 0 Å². The van der Waals surface area contributed by atoms with Gasteiger partial charge in [0, 0.05) is 17.2 Å². The standard InChI is InChI=1S/C18H16N2O2S/c1-14(16-7-4-12-22-16)20(17-8-2-3-11-19-17)18(21)10-9-15-6-5-13-23-15/h2-14H,1H3/b10-9+/t14-/m1/s1. The maximum Gasteiger partial charge on any atom is 0.252 e. The lowest BCUT2D eigenvalue weighted by atomic mass is 10.2. The summed E-state index contributed by atoms with van der Waals surface area (Å²) in [5, 5.41) is 1.98. The van der Waals surface area contributed by atoms with Crippen molar-refractivity contribution >= 4 is 29.1 Å². The normalized spacial score (nSPS) is 12.4. The van der Waals surface area contributed by atoms with E-state index in [0.717, 1.165) is 4.88 Å². The number of hydrogen-bond acceptors (Lipinski definition) is 4. The molecule has 0 saturated heterocycles. The molecule has 5 heteroatoms. The first-order valence-electron chi connectivity index (χ1n) is 7.25. The van der Waals surface area contributed by atoms with Crippen molar-refractivity contribution in [3.63, 3.8) is 0 Å². The van der Waals surface area contributed by atoms with E-state index in [4.69, 9.17) is 4.42 Å². The summed E-state index contributed by atoms with van der Waals surface area (Å²) in [5.74, 6) is 1.17. The van der Waals surface area contributed by atoms with Crippen molar-refractivity contribution < 1.29 is 9.21 Å². The van der Waals surface area contributed by atoms with Gasteiger partial charge in [0.25, 0.3) is 5.91 Å². The fourth-order valence-corrected chi connectivity index (χ4v) is 2.89. The Morgan fingerprint density at radius 1 is 1.26 bits per heavy atom. The smallest absolute Gasteiger partial charge is 0.252 e. The summed E-state index contributed by atoms with van der Waals surface area (Å²) in [6.07, 6.45) is 6.67. The van der Waals surface area contributed by atoms with Crippen molar-refractivity contribution in [1.29, 1.82) is 0 Å². The summed E-state index contributed by atoms with van der Waals surface area (Å²) in [4.78, 5) is 19.7. The van der Waals surface area contributed by atoms with Crippen LogP contribution in [0.15, 0.2) is 70.8 Å². The van der Waals surface area contributed by atoms with Crippen molar-refractivity contribution in [2.45, 2.75) is 13.0 Å². The van der Waals surface area contributed by atoms with Gasteiger partial charge in [0.1, 0.15) is 11.6 Å². The predicted octanol–water partition coefficient (Wildman–Crippen LogP) is 4.54. The molecule has 0 bridgehead atoms. The Morgan fingerprint density at radius 3 is 2.83 bits per heavy atom. The molecule has 3 aromatic heterocycles. The summed E-state index contributed by atoms with van der Waals surface area (Å²) in [5.41, 5.74) is 0. The van der Waals surface area contributed by atoms with E-state index < -0.39 is 0 Å². The van der Waals surface area contributed by atoms with Gasteiger partial charge in [-0.2, -0.15) is 0 Å². The van der Waals surface area contributed by atoms with Gasteiger partial charge < -0.3 is 4.42 Å². The lowest BCUT2D eigenvalue weighted by Gasteiger charge is -2.25. The number of anilines is 1. The van der Waals surface area contributed by atoms with E-state index in [9.17, 15) is 4.79 Å². The molecular weight excluding hydrogens is 308 g/mol. The number of carbonyl (C=O) groups excluding carboxylic acids is 1. The van der Waals surface area contributed by atoms with Gasteiger partial charge in [-0.25, -0.2) is 4.98 Å². The number of pyridine rings is 1. The highest BCUT2D eigenvalue weighted by molar-refractivity contribution is 7.10. The molecular formula is C18H16N2O2S. The van der Waals surface area contributed by atoms with Crippen LogP contribution in [0.4, 0.5) is 5.82 Å². The maximum atomic E-state index is 12.7. The number of furan rings is 1. The van der Waals surface area contributed by atoms with Crippen molar-refractivity contribution in [3.8, 4) is 0 Å². The molecule has 0 aliphatic carbocycles. The fraction of sp³-hybridized carbons (Fsp3) is 0.111. The van der Waals surface area contributed by atoms with E-state index in [1.807, 2.05) is 60.8 Å². The lowest BCUT2D eigenvalue weighted by molar-refractivity contribution is -0.114. The van der Waals surface area contributed by atoms with Crippen LogP contribution in [0.1, 0.15) is 23.6 Å². The highest BCUT2D eigenvalue weighted by Crippen LogP contribution is 2.26. The molecule has 1 amide bonds. The SMILES string of the molecule is C[C@H](c1ccco1)N(C(=O)/C=C/c1cccs1)c1ccccn1. The molecule has 116 valence electrons. The first-order chi connectivity index (χ1) is 11.3. The highest BCUT2D eigenvalue weighted by Gasteiger charge is 2.24. The van der Waals surface area contributed by atoms with Crippen LogP contribution in [0.2, 0.25) is 0 Å². The Balaban J connectivity index is 1.90. The zero-order chi connectivity index (χ0) is 16.1. The van der Waals surface area contributed by atoms with Crippen LogP contribution in [0, 0.1) is 0 Å². The number of aromatic nitrogens is 1. The molecule has 0 saturated carbocycles. The molecule has 4 nitrogen and oxygen atoms in total. The van der Waals surface area contributed by atoms with Gasteiger partial charge in [0.15, 0.2) is 0 Å². The van der Waals surface area contributed by atoms with Crippen LogP contribution in [0.5, 0.6) is 0 Å². The van der Waals surface area contributed by atoms with Crippen molar-refractivity contribution in [2.75, 3.05) is 4.90 Å². The van der Waals surface area contributed by atoms with Crippen LogP contribution in [-0.2, 0) is 4.79 Å². The summed E-state index contributed by atoms with van der Waals surface area (Å²) >= 11 is 1.59. The Hall–Kier alpha value is -2.66. The quantitative estimate of drug-likeness (QED) is 0.647. The molecule has 3 heterocycles. The number of thiophene rings is 1. The molecule has 0 spiro atoms. The summed E-state index contributed by atoms with van der Waals surface area (Å²) in [7, 11) is 0. The molecule has 0 unspecified atom stereocenters. The minimum absolute atomic E-state index is 0.138. The van der Waals surface area contributed by atoms with E-state index in [1.54, 1.807) is 34.8 Å². The summed E-state index contributed by atoms with van der Waals surface area (Å²) in [6, 6.07) is 12.8. The van der Waals surface area contributed by atoms with Gasteiger partial charge in [-0.15, -0.1) is 11.3 Å². The fourth-order valence-electron chi connectivity index (χ4n) is 2.27. The second kappa shape index (κ2) is 7.07. The van der Waals surface area contributed by atoms with Gasteiger partial charge in [-0.05, 0) is 48.7 Å². The van der Waals surface area contributed by atoms with E-state index in [-0.39, 0.29) is 11.9 Å². The van der Waals surface area contributed by atoms with E-state index in [0.29, 0.717) is 11.6 Å². The van der Waals surface area contributed by atoms with Crippen LogP contribution in [-0.4, -0.2) is 10.9 Å². The van der Waals surface area contributed by atoms with Crippen LogP contribution < -0.4 is 4.90 Å². The first kappa shape index (κ1) is 15.2. The molecule has 0 aromatic carbocycles. The average Bonchev–Trinajstić information content (AvgIpc) is 3.27. The lowest BCUT2D eigenvalue weighted by Crippen LogP contribution is -2.32. The summed E-state index contributed by atoms with van der Waals surface area (Å²) in [6.45, 7) is 1.92. The Morgan fingerprint density at radius 2 is 2.17 bits per heavy atom. The van der Waals surface area contributed by atoms with Crippen LogP contribution >= 0.6 is 11.3 Å². The second-order valence-electron chi connectivity index (χ2n) is 4.94. The first-order valence-corrected chi connectivity index (χ1v) is 8.13. The molecule has 0 radical (unpaired) electrons. The average molecular weight is 324 g/mol.